The summed E-state index contributed by atoms with van der Waals surface area (Å²) in [7, 11) is 1.88. The van der Waals surface area contributed by atoms with E-state index in [2.05, 4.69) is 36.8 Å². The molecule has 0 spiro atoms. The van der Waals surface area contributed by atoms with Crippen LogP contribution in [0.5, 0.6) is 0 Å². The van der Waals surface area contributed by atoms with E-state index in [1.165, 1.54) is 11.3 Å². The van der Waals surface area contributed by atoms with Crippen molar-refractivity contribution < 1.29 is 4.42 Å². The fourth-order valence-electron chi connectivity index (χ4n) is 4.47. The first-order valence-electron chi connectivity index (χ1n) is 10.8. The maximum absolute atomic E-state index is 12.9. The van der Waals surface area contributed by atoms with Gasteiger partial charge in [0.25, 0.3) is 5.56 Å². The summed E-state index contributed by atoms with van der Waals surface area (Å²) < 4.78 is 7.25. The second-order valence-electron chi connectivity index (χ2n) is 8.16. The van der Waals surface area contributed by atoms with Crippen molar-refractivity contribution in [3.05, 3.63) is 52.5 Å². The quantitative estimate of drug-likeness (QED) is 0.434. The van der Waals surface area contributed by atoms with Crippen molar-refractivity contribution in [2.45, 2.75) is 13.0 Å². The highest BCUT2D eigenvalue weighted by molar-refractivity contribution is 7.17. The van der Waals surface area contributed by atoms with Crippen LogP contribution >= 0.6 is 11.3 Å². The van der Waals surface area contributed by atoms with Gasteiger partial charge in [-0.2, -0.15) is 5.10 Å². The van der Waals surface area contributed by atoms with E-state index in [9.17, 15) is 4.79 Å². The highest BCUT2D eigenvalue weighted by atomic mass is 32.1. The van der Waals surface area contributed by atoms with Crippen LogP contribution < -0.4 is 10.5 Å². The minimum Gasteiger partial charge on any atom is -0.464 e. The second kappa shape index (κ2) is 7.78. The fourth-order valence-corrected chi connectivity index (χ4v) is 5.41. The molecular weight excluding hydrogens is 440 g/mol. The number of nitrogens with zero attached hydrogens (tertiary/aromatic N) is 7. The summed E-state index contributed by atoms with van der Waals surface area (Å²) >= 11 is 1.47. The van der Waals surface area contributed by atoms with Crippen LogP contribution in [0, 0.1) is 0 Å². The molecule has 1 saturated heterocycles. The van der Waals surface area contributed by atoms with Crippen LogP contribution in [0.4, 0.5) is 5.82 Å². The Morgan fingerprint density at radius 1 is 1.21 bits per heavy atom. The Kier molecular flexibility index (Phi) is 4.73. The molecule has 168 valence electrons. The number of rotatable bonds is 4. The highest BCUT2D eigenvalue weighted by Gasteiger charge is 2.26. The molecule has 0 aliphatic carbocycles. The van der Waals surface area contributed by atoms with E-state index in [4.69, 9.17) is 9.40 Å². The Labute approximate surface area is 192 Å². The lowest BCUT2D eigenvalue weighted by Gasteiger charge is -2.38. The molecule has 0 saturated carbocycles. The summed E-state index contributed by atoms with van der Waals surface area (Å²) in [4.78, 5) is 34.9. The molecule has 0 aromatic carbocycles. The summed E-state index contributed by atoms with van der Waals surface area (Å²) in [5, 5.41) is 7.79. The van der Waals surface area contributed by atoms with Crippen LogP contribution in [-0.4, -0.2) is 60.8 Å². The molecule has 5 aromatic rings. The number of aromatic nitrogens is 6. The molecule has 6 rings (SSSR count). The van der Waals surface area contributed by atoms with Crippen LogP contribution in [0.15, 0.2) is 45.5 Å². The third kappa shape index (κ3) is 3.31. The molecule has 1 fully saturated rings. The average molecular weight is 463 g/mol. The number of hydrogen-bond donors (Lipinski definition) is 1. The molecule has 6 heterocycles. The Morgan fingerprint density at radius 2 is 2.06 bits per heavy atom. The van der Waals surface area contributed by atoms with Crippen molar-refractivity contribution in [2.24, 2.45) is 7.05 Å². The van der Waals surface area contributed by atoms with Gasteiger partial charge in [0.2, 0.25) is 0 Å². The molecule has 0 amide bonds. The maximum Gasteiger partial charge on any atom is 0.260 e. The second-order valence-corrected chi connectivity index (χ2v) is 9.02. The zero-order valence-corrected chi connectivity index (χ0v) is 19.0. The topological polar surface area (TPSA) is 109 Å². The molecule has 5 aromatic heterocycles. The molecular formula is C22H22N8O2S. The maximum atomic E-state index is 12.9. The van der Waals surface area contributed by atoms with E-state index in [1.54, 1.807) is 17.3 Å². The lowest BCUT2D eigenvalue weighted by molar-refractivity contribution is 0.191. The van der Waals surface area contributed by atoms with E-state index >= 15 is 0 Å². The number of anilines is 1. The number of furan rings is 1. The van der Waals surface area contributed by atoms with Crippen LogP contribution in [0.3, 0.4) is 0 Å². The van der Waals surface area contributed by atoms with Gasteiger partial charge < -0.3 is 14.3 Å². The number of hydrogen-bond acceptors (Lipinski definition) is 9. The van der Waals surface area contributed by atoms with E-state index < -0.39 is 0 Å². The van der Waals surface area contributed by atoms with E-state index in [0.717, 1.165) is 53.4 Å². The molecule has 10 nitrogen and oxygen atoms in total. The predicted octanol–water partition coefficient (Wildman–Crippen LogP) is 2.80. The van der Waals surface area contributed by atoms with Gasteiger partial charge in [-0.1, -0.05) is 0 Å². The Bertz CT molecular complexity index is 1490. The van der Waals surface area contributed by atoms with Gasteiger partial charge in [0.1, 0.15) is 28.6 Å². The smallest absolute Gasteiger partial charge is 0.260 e. The number of H-pyrrole nitrogens is 1. The van der Waals surface area contributed by atoms with Crippen LogP contribution in [0.1, 0.15) is 18.8 Å². The van der Waals surface area contributed by atoms with Gasteiger partial charge in [-0.15, -0.1) is 11.3 Å². The molecule has 11 heteroatoms. The van der Waals surface area contributed by atoms with Gasteiger partial charge in [0, 0.05) is 44.2 Å². The molecule has 1 N–H and O–H groups in total. The number of fused-ring (bicyclic) bond motifs is 2. The minimum atomic E-state index is -0.131. The first-order valence-corrected chi connectivity index (χ1v) is 11.6. The molecule has 1 aliphatic heterocycles. The predicted molar refractivity (Wildman–Crippen MR) is 126 cm³/mol. The Balaban J connectivity index is 1.23. The Morgan fingerprint density at radius 3 is 2.85 bits per heavy atom. The summed E-state index contributed by atoms with van der Waals surface area (Å²) in [5.41, 5.74) is 1.48. The molecule has 33 heavy (non-hydrogen) atoms. The third-order valence-corrected chi connectivity index (χ3v) is 7.19. The zero-order valence-electron chi connectivity index (χ0n) is 18.2. The van der Waals surface area contributed by atoms with Crippen molar-refractivity contribution >= 4 is 38.4 Å². The van der Waals surface area contributed by atoms with Gasteiger partial charge in [-0.3, -0.25) is 14.4 Å². The highest BCUT2D eigenvalue weighted by Crippen LogP contribution is 2.32. The van der Waals surface area contributed by atoms with E-state index in [-0.39, 0.29) is 11.6 Å². The van der Waals surface area contributed by atoms with Gasteiger partial charge in [0.15, 0.2) is 5.65 Å². The van der Waals surface area contributed by atoms with Crippen LogP contribution in [0.25, 0.3) is 32.6 Å². The molecule has 0 bridgehead atoms. The lowest BCUT2D eigenvalue weighted by atomic mass is 10.2. The van der Waals surface area contributed by atoms with Gasteiger partial charge in [-0.05, 0) is 19.1 Å². The average Bonchev–Trinajstić information content (AvgIpc) is 3.59. The van der Waals surface area contributed by atoms with Crippen molar-refractivity contribution in [1.29, 1.82) is 0 Å². The summed E-state index contributed by atoms with van der Waals surface area (Å²) in [5.74, 6) is 2.28. The van der Waals surface area contributed by atoms with E-state index in [1.807, 2.05) is 30.8 Å². The standard InChI is InChI=1S/C22H22N8O2S/c1-13(18-26-21(31)17-15(11-33-22(17)27-18)16-4-3-9-32-16)29-5-7-30(8-6-29)20-14-10-25-28(2)19(14)23-12-24-20/h3-4,9-13H,5-8H2,1-2H3,(H,26,27,31). The number of piperazine rings is 1. The van der Waals surface area contributed by atoms with Gasteiger partial charge >= 0.3 is 0 Å². The number of aromatic amines is 1. The lowest BCUT2D eigenvalue weighted by Crippen LogP contribution is -2.48. The van der Waals surface area contributed by atoms with Crippen molar-refractivity contribution in [1.82, 2.24) is 34.6 Å². The summed E-state index contributed by atoms with van der Waals surface area (Å²) in [6, 6.07) is 3.66. The zero-order chi connectivity index (χ0) is 22.5. The third-order valence-electron chi connectivity index (χ3n) is 6.31. The normalized spacial score (nSPS) is 16.1. The van der Waals surface area contributed by atoms with Gasteiger partial charge in [0.05, 0.1) is 29.3 Å². The SMILES string of the molecule is CC(c1nc2scc(-c3ccco3)c2c(=O)[nH]1)N1CCN(c2ncnc3c2cnn3C)CC1. The molecule has 1 unspecified atom stereocenters. The largest absolute Gasteiger partial charge is 0.464 e. The van der Waals surface area contributed by atoms with E-state index in [0.29, 0.717) is 17.0 Å². The minimum absolute atomic E-state index is 0.0118. The molecule has 1 aliphatic rings. The summed E-state index contributed by atoms with van der Waals surface area (Å²) in [6.07, 6.45) is 5.02. The van der Waals surface area contributed by atoms with Crippen molar-refractivity contribution in [3.63, 3.8) is 0 Å². The molecule has 1 atom stereocenters. The fraction of sp³-hybridized carbons (Fsp3) is 0.318. The first kappa shape index (κ1) is 20.1. The first-order chi connectivity index (χ1) is 16.1. The Hall–Kier alpha value is -3.57. The van der Waals surface area contributed by atoms with Gasteiger partial charge in [-0.25, -0.2) is 15.0 Å². The van der Waals surface area contributed by atoms with Crippen molar-refractivity contribution in [2.75, 3.05) is 31.1 Å². The number of aryl methyl sites for hydroxylation is 1. The summed E-state index contributed by atoms with van der Waals surface area (Å²) in [6.45, 7) is 5.39. The number of nitrogens with one attached hydrogen (secondary N) is 1. The molecule has 0 radical (unpaired) electrons. The van der Waals surface area contributed by atoms with Crippen LogP contribution in [-0.2, 0) is 7.05 Å². The van der Waals surface area contributed by atoms with Crippen LogP contribution in [0.2, 0.25) is 0 Å². The number of thiophene rings is 1. The van der Waals surface area contributed by atoms with Crippen molar-refractivity contribution in [3.8, 4) is 11.3 Å². The monoisotopic (exact) mass is 462 g/mol.